The third-order valence-electron chi connectivity index (χ3n) is 3.45. The van der Waals surface area contributed by atoms with Gasteiger partial charge in [0, 0.05) is 35.0 Å². The van der Waals surface area contributed by atoms with E-state index in [2.05, 4.69) is 36.9 Å². The number of carbonyl (C=O) groups is 1. The van der Waals surface area contributed by atoms with Crippen LogP contribution in [-0.2, 0) is 11.3 Å². The molecule has 1 N–H and O–H groups in total. The molecule has 2 rings (SSSR count). The highest BCUT2D eigenvalue weighted by molar-refractivity contribution is 7.12. The highest BCUT2D eigenvalue weighted by Crippen LogP contribution is 2.24. The van der Waals surface area contributed by atoms with Crippen molar-refractivity contribution in [2.75, 3.05) is 11.4 Å². The number of hydrogen-bond acceptors (Lipinski definition) is 3. The lowest BCUT2D eigenvalue weighted by atomic mass is 10.2. The summed E-state index contributed by atoms with van der Waals surface area (Å²) in [4.78, 5) is 15.6. The van der Waals surface area contributed by atoms with Crippen LogP contribution in [0.5, 0.6) is 0 Å². The summed E-state index contributed by atoms with van der Waals surface area (Å²) in [5, 5.41) is 8.82. The molecule has 0 atom stereocenters. The number of carboxylic acid groups (broad SMARTS) is 1. The quantitative estimate of drug-likeness (QED) is 0.832. The van der Waals surface area contributed by atoms with E-state index in [4.69, 9.17) is 5.11 Å². The molecule has 0 saturated heterocycles. The highest BCUT2D eigenvalue weighted by atomic mass is 32.1. The molecule has 0 bridgehead atoms. The Morgan fingerprint density at radius 1 is 1.24 bits per heavy atom. The van der Waals surface area contributed by atoms with E-state index in [0.29, 0.717) is 6.42 Å². The summed E-state index contributed by atoms with van der Waals surface area (Å²) in [5.74, 6) is -0.731. The van der Waals surface area contributed by atoms with Gasteiger partial charge in [0.1, 0.15) is 0 Å². The molecule has 1 aromatic heterocycles. The van der Waals surface area contributed by atoms with Crippen molar-refractivity contribution >= 4 is 23.0 Å². The van der Waals surface area contributed by atoms with Crippen molar-refractivity contribution < 1.29 is 9.90 Å². The number of thiophene rings is 1. The molecule has 4 heteroatoms. The molecule has 0 saturated carbocycles. The molecule has 112 valence electrons. The van der Waals surface area contributed by atoms with Gasteiger partial charge in [-0.2, -0.15) is 0 Å². The smallest absolute Gasteiger partial charge is 0.303 e. The summed E-state index contributed by atoms with van der Waals surface area (Å²) in [7, 11) is 0. The minimum Gasteiger partial charge on any atom is -0.481 e. The van der Waals surface area contributed by atoms with Crippen LogP contribution in [0.2, 0.25) is 0 Å². The van der Waals surface area contributed by atoms with Crippen molar-refractivity contribution in [2.45, 2.75) is 33.2 Å². The molecule has 0 aliphatic heterocycles. The average molecular weight is 303 g/mol. The Kier molecular flexibility index (Phi) is 5.39. The van der Waals surface area contributed by atoms with Gasteiger partial charge in [-0.25, -0.2) is 0 Å². The molecule has 0 aliphatic rings. The largest absolute Gasteiger partial charge is 0.481 e. The van der Waals surface area contributed by atoms with Gasteiger partial charge >= 0.3 is 5.97 Å². The third kappa shape index (κ3) is 4.60. The Labute approximate surface area is 129 Å². The second-order valence-corrected chi connectivity index (χ2v) is 6.65. The van der Waals surface area contributed by atoms with Crippen molar-refractivity contribution in [2.24, 2.45) is 0 Å². The monoisotopic (exact) mass is 303 g/mol. The van der Waals surface area contributed by atoms with Gasteiger partial charge in [0.25, 0.3) is 0 Å². The summed E-state index contributed by atoms with van der Waals surface area (Å²) in [5.41, 5.74) is 2.47. The lowest BCUT2D eigenvalue weighted by Crippen LogP contribution is -2.24. The first-order valence-electron chi connectivity index (χ1n) is 7.14. The maximum absolute atomic E-state index is 10.7. The van der Waals surface area contributed by atoms with Gasteiger partial charge in [-0.1, -0.05) is 18.2 Å². The number of aryl methyl sites for hydroxylation is 2. The van der Waals surface area contributed by atoms with E-state index >= 15 is 0 Å². The second kappa shape index (κ2) is 7.27. The Bertz CT molecular complexity index is 592. The van der Waals surface area contributed by atoms with Gasteiger partial charge in [-0.15, -0.1) is 11.3 Å². The van der Waals surface area contributed by atoms with E-state index in [1.807, 2.05) is 29.5 Å². The molecule has 0 unspecified atom stereocenters. The number of hydrogen-bond donors (Lipinski definition) is 1. The van der Waals surface area contributed by atoms with Crippen LogP contribution < -0.4 is 4.90 Å². The van der Waals surface area contributed by atoms with E-state index in [1.54, 1.807) is 0 Å². The number of nitrogens with zero attached hydrogens (tertiary/aromatic N) is 1. The topological polar surface area (TPSA) is 40.5 Å². The number of anilines is 1. The number of para-hydroxylation sites is 1. The van der Waals surface area contributed by atoms with Crippen LogP contribution >= 0.6 is 11.3 Å². The number of carboxylic acids is 1. The fourth-order valence-electron chi connectivity index (χ4n) is 2.41. The van der Waals surface area contributed by atoms with E-state index in [-0.39, 0.29) is 6.42 Å². The summed E-state index contributed by atoms with van der Waals surface area (Å²) in [6.07, 6.45) is 0.872. The summed E-state index contributed by atoms with van der Waals surface area (Å²) in [6, 6.07) is 12.4. The first-order valence-corrected chi connectivity index (χ1v) is 7.95. The van der Waals surface area contributed by atoms with Crippen LogP contribution in [0, 0.1) is 13.8 Å². The van der Waals surface area contributed by atoms with Crippen LogP contribution in [0.15, 0.2) is 36.4 Å². The number of aliphatic carboxylic acids is 1. The molecule has 2 aromatic rings. The minimum absolute atomic E-state index is 0.213. The maximum atomic E-state index is 10.7. The van der Waals surface area contributed by atoms with Crippen molar-refractivity contribution in [3.05, 3.63) is 51.7 Å². The molecule has 0 radical (unpaired) electrons. The van der Waals surface area contributed by atoms with E-state index < -0.39 is 5.97 Å². The zero-order chi connectivity index (χ0) is 15.2. The molecule has 1 aromatic carbocycles. The van der Waals surface area contributed by atoms with Gasteiger partial charge in [-0.3, -0.25) is 4.79 Å². The highest BCUT2D eigenvalue weighted by Gasteiger charge is 2.11. The van der Waals surface area contributed by atoms with Crippen molar-refractivity contribution in [3.63, 3.8) is 0 Å². The zero-order valence-corrected chi connectivity index (χ0v) is 13.3. The van der Waals surface area contributed by atoms with Crippen molar-refractivity contribution in [3.8, 4) is 0 Å². The average Bonchev–Trinajstić information content (AvgIpc) is 2.76. The lowest BCUT2D eigenvalue weighted by molar-refractivity contribution is -0.137. The van der Waals surface area contributed by atoms with Crippen molar-refractivity contribution in [1.82, 2.24) is 0 Å². The van der Waals surface area contributed by atoms with Gasteiger partial charge in [0.05, 0.1) is 0 Å². The normalized spacial score (nSPS) is 10.6. The van der Waals surface area contributed by atoms with E-state index in [1.165, 1.54) is 15.3 Å². The number of rotatable bonds is 7. The molecule has 0 amide bonds. The van der Waals surface area contributed by atoms with Gasteiger partial charge in [0.2, 0.25) is 0 Å². The first-order chi connectivity index (χ1) is 10.1. The zero-order valence-electron chi connectivity index (χ0n) is 12.5. The fraction of sp³-hybridized carbons (Fsp3) is 0.353. The molecule has 0 aliphatic carbocycles. The molecule has 0 spiro atoms. The lowest BCUT2D eigenvalue weighted by Gasteiger charge is -2.24. The van der Waals surface area contributed by atoms with Gasteiger partial charge in [0.15, 0.2) is 0 Å². The summed E-state index contributed by atoms with van der Waals surface area (Å²) in [6.45, 7) is 5.86. The van der Waals surface area contributed by atoms with Crippen LogP contribution in [0.4, 0.5) is 5.69 Å². The van der Waals surface area contributed by atoms with Crippen LogP contribution in [-0.4, -0.2) is 17.6 Å². The van der Waals surface area contributed by atoms with Gasteiger partial charge < -0.3 is 10.0 Å². The molecule has 1 heterocycles. The fourth-order valence-corrected chi connectivity index (χ4v) is 3.34. The number of benzene rings is 1. The van der Waals surface area contributed by atoms with E-state index in [9.17, 15) is 4.79 Å². The molecule has 21 heavy (non-hydrogen) atoms. The second-order valence-electron chi connectivity index (χ2n) is 5.19. The Morgan fingerprint density at radius 2 is 1.95 bits per heavy atom. The Morgan fingerprint density at radius 3 is 2.52 bits per heavy atom. The van der Waals surface area contributed by atoms with Crippen LogP contribution in [0.25, 0.3) is 0 Å². The van der Waals surface area contributed by atoms with Crippen LogP contribution in [0.1, 0.15) is 28.2 Å². The third-order valence-corrected chi connectivity index (χ3v) is 4.45. The van der Waals surface area contributed by atoms with Crippen LogP contribution in [0.3, 0.4) is 0 Å². The van der Waals surface area contributed by atoms with E-state index in [0.717, 1.165) is 18.8 Å². The molecule has 3 nitrogen and oxygen atoms in total. The Balaban J connectivity index is 2.11. The molecular formula is C17H21NO2S. The maximum Gasteiger partial charge on any atom is 0.303 e. The summed E-state index contributed by atoms with van der Waals surface area (Å²) < 4.78 is 0. The minimum atomic E-state index is -0.731. The standard InChI is InChI=1S/C17H21NO2S/c1-13-11-15(14(2)21-13)12-18(10-6-9-17(19)20)16-7-4-3-5-8-16/h3-5,7-8,11H,6,9-10,12H2,1-2H3,(H,19,20). The predicted octanol–water partition coefficient (Wildman–Crippen LogP) is 4.24. The van der Waals surface area contributed by atoms with Gasteiger partial charge in [-0.05, 0) is 44.0 Å². The Hall–Kier alpha value is -1.81. The SMILES string of the molecule is Cc1cc(CN(CCCC(=O)O)c2ccccc2)c(C)s1. The first kappa shape index (κ1) is 15.6. The molecule has 0 fully saturated rings. The van der Waals surface area contributed by atoms with Crippen molar-refractivity contribution in [1.29, 1.82) is 0 Å². The summed E-state index contributed by atoms with van der Waals surface area (Å²) >= 11 is 1.81. The predicted molar refractivity (Wildman–Crippen MR) is 88.2 cm³/mol. The molecular weight excluding hydrogens is 282 g/mol.